The number of aromatic amines is 1. The number of carbonyl (C=O) groups excluding carboxylic acids is 1. The smallest absolute Gasteiger partial charge is 0.257 e. The maximum absolute atomic E-state index is 13.1. The molecule has 1 unspecified atom stereocenters. The van der Waals surface area contributed by atoms with Crippen molar-refractivity contribution in [2.45, 2.75) is 12.5 Å². The Balaban J connectivity index is 1.48. The molecule has 1 aromatic heterocycles. The van der Waals surface area contributed by atoms with Crippen LogP contribution in [-0.4, -0.2) is 78.4 Å². The van der Waals surface area contributed by atoms with Gasteiger partial charge in [0.25, 0.3) is 5.91 Å². The summed E-state index contributed by atoms with van der Waals surface area (Å²) >= 11 is 0. The zero-order valence-corrected chi connectivity index (χ0v) is 15.0. The van der Waals surface area contributed by atoms with E-state index in [9.17, 15) is 4.79 Å². The second kappa shape index (κ2) is 7.47. The standard InChI is InChI=1S/C19H24N4O3/c1-25-16-4-2-14(3-5-16)18-17(12-20-21-18)19(24)23-7-6-15(13-23)22-8-10-26-11-9-22/h2-5,12,15H,6-11,13H2,1H3,(H,20,21). The quantitative estimate of drug-likeness (QED) is 0.902. The highest BCUT2D eigenvalue weighted by atomic mass is 16.5. The van der Waals surface area contributed by atoms with Gasteiger partial charge >= 0.3 is 0 Å². The van der Waals surface area contributed by atoms with Gasteiger partial charge < -0.3 is 14.4 Å². The number of rotatable bonds is 4. The van der Waals surface area contributed by atoms with E-state index in [-0.39, 0.29) is 5.91 Å². The second-order valence-corrected chi connectivity index (χ2v) is 6.73. The number of likely N-dealkylation sites (tertiary alicyclic amines) is 1. The second-order valence-electron chi connectivity index (χ2n) is 6.73. The molecule has 1 N–H and O–H groups in total. The van der Waals surface area contributed by atoms with E-state index in [0.717, 1.165) is 62.8 Å². The van der Waals surface area contributed by atoms with Crippen LogP contribution >= 0.6 is 0 Å². The van der Waals surface area contributed by atoms with Crippen LogP contribution in [0.15, 0.2) is 30.5 Å². The Morgan fingerprint density at radius 2 is 2.00 bits per heavy atom. The highest BCUT2D eigenvalue weighted by molar-refractivity contribution is 5.99. The molecular weight excluding hydrogens is 332 g/mol. The zero-order valence-electron chi connectivity index (χ0n) is 15.0. The van der Waals surface area contributed by atoms with Gasteiger partial charge in [0, 0.05) is 37.8 Å². The summed E-state index contributed by atoms with van der Waals surface area (Å²) in [7, 11) is 1.64. The third-order valence-corrected chi connectivity index (χ3v) is 5.26. The van der Waals surface area contributed by atoms with Crippen LogP contribution in [0.2, 0.25) is 0 Å². The van der Waals surface area contributed by atoms with Crippen molar-refractivity contribution in [1.29, 1.82) is 0 Å². The van der Waals surface area contributed by atoms with Gasteiger partial charge in [0.2, 0.25) is 0 Å². The van der Waals surface area contributed by atoms with Gasteiger partial charge in [-0.3, -0.25) is 14.8 Å². The molecule has 1 aromatic carbocycles. The van der Waals surface area contributed by atoms with Crippen molar-refractivity contribution in [3.63, 3.8) is 0 Å². The van der Waals surface area contributed by atoms with Crippen LogP contribution in [0.3, 0.4) is 0 Å². The van der Waals surface area contributed by atoms with Crippen LogP contribution in [0.5, 0.6) is 5.75 Å². The minimum absolute atomic E-state index is 0.0420. The highest BCUT2D eigenvalue weighted by Crippen LogP contribution is 2.26. The lowest BCUT2D eigenvalue weighted by atomic mass is 10.1. The van der Waals surface area contributed by atoms with E-state index in [0.29, 0.717) is 11.6 Å². The maximum atomic E-state index is 13.1. The van der Waals surface area contributed by atoms with Crippen molar-refractivity contribution in [3.8, 4) is 17.0 Å². The van der Waals surface area contributed by atoms with Crippen LogP contribution in [0.1, 0.15) is 16.8 Å². The fraction of sp³-hybridized carbons (Fsp3) is 0.474. The van der Waals surface area contributed by atoms with Crippen molar-refractivity contribution in [2.75, 3.05) is 46.5 Å². The number of ether oxygens (including phenoxy) is 2. The van der Waals surface area contributed by atoms with Gasteiger partial charge in [-0.2, -0.15) is 5.10 Å². The first-order valence-corrected chi connectivity index (χ1v) is 9.05. The summed E-state index contributed by atoms with van der Waals surface area (Å²) in [5.74, 6) is 0.828. The predicted molar refractivity (Wildman–Crippen MR) is 97.3 cm³/mol. The molecule has 4 rings (SSSR count). The van der Waals surface area contributed by atoms with Crippen molar-refractivity contribution in [1.82, 2.24) is 20.0 Å². The summed E-state index contributed by atoms with van der Waals surface area (Å²) in [5.41, 5.74) is 2.31. The number of carbonyl (C=O) groups is 1. The molecule has 7 nitrogen and oxygen atoms in total. The van der Waals surface area contributed by atoms with E-state index in [1.807, 2.05) is 29.2 Å². The summed E-state index contributed by atoms with van der Waals surface area (Å²) in [4.78, 5) is 17.4. The number of nitrogens with one attached hydrogen (secondary N) is 1. The summed E-state index contributed by atoms with van der Waals surface area (Å²) in [6.07, 6.45) is 2.64. The Morgan fingerprint density at radius 1 is 1.23 bits per heavy atom. The van der Waals surface area contributed by atoms with Gasteiger partial charge in [0.15, 0.2) is 0 Å². The number of H-pyrrole nitrogens is 1. The first-order chi connectivity index (χ1) is 12.8. The Labute approximate surface area is 152 Å². The summed E-state index contributed by atoms with van der Waals surface area (Å²) in [5, 5.41) is 7.08. The number of amides is 1. The average molecular weight is 356 g/mol. The van der Waals surface area contributed by atoms with E-state index >= 15 is 0 Å². The highest BCUT2D eigenvalue weighted by Gasteiger charge is 2.32. The molecule has 0 saturated carbocycles. The van der Waals surface area contributed by atoms with Crippen molar-refractivity contribution >= 4 is 5.91 Å². The fourth-order valence-electron chi connectivity index (χ4n) is 3.76. The first-order valence-electron chi connectivity index (χ1n) is 9.05. The number of nitrogens with zero attached hydrogens (tertiary/aromatic N) is 3. The van der Waals surface area contributed by atoms with Crippen molar-refractivity contribution in [2.24, 2.45) is 0 Å². The van der Waals surface area contributed by atoms with Crippen molar-refractivity contribution in [3.05, 3.63) is 36.0 Å². The van der Waals surface area contributed by atoms with Gasteiger partial charge in [-0.25, -0.2) is 0 Å². The molecule has 2 aliphatic rings. The third-order valence-electron chi connectivity index (χ3n) is 5.26. The summed E-state index contributed by atoms with van der Waals surface area (Å²) in [6.45, 7) is 5.03. The van der Waals surface area contributed by atoms with Crippen LogP contribution in [0.25, 0.3) is 11.3 Å². The SMILES string of the molecule is COc1ccc(-c2[nH]ncc2C(=O)N2CCC(N3CCOCC3)C2)cc1. The lowest BCUT2D eigenvalue weighted by Gasteiger charge is -2.32. The van der Waals surface area contributed by atoms with E-state index in [4.69, 9.17) is 9.47 Å². The summed E-state index contributed by atoms with van der Waals surface area (Å²) < 4.78 is 10.6. The molecule has 0 aliphatic carbocycles. The fourth-order valence-corrected chi connectivity index (χ4v) is 3.76. The predicted octanol–water partition coefficient (Wildman–Crippen LogP) is 1.63. The van der Waals surface area contributed by atoms with E-state index in [2.05, 4.69) is 15.1 Å². The van der Waals surface area contributed by atoms with Crippen molar-refractivity contribution < 1.29 is 14.3 Å². The number of methoxy groups -OCH3 is 1. The van der Waals surface area contributed by atoms with Gasteiger partial charge in [-0.15, -0.1) is 0 Å². The first kappa shape index (κ1) is 17.1. The van der Waals surface area contributed by atoms with Crippen LogP contribution in [-0.2, 0) is 4.74 Å². The van der Waals surface area contributed by atoms with Crippen LogP contribution < -0.4 is 4.74 Å². The van der Waals surface area contributed by atoms with Gasteiger partial charge in [0.1, 0.15) is 5.75 Å². The molecule has 2 aliphatic heterocycles. The molecule has 0 spiro atoms. The van der Waals surface area contributed by atoms with Gasteiger partial charge in [-0.05, 0) is 30.7 Å². The Bertz CT molecular complexity index is 752. The van der Waals surface area contributed by atoms with E-state index in [1.54, 1.807) is 13.3 Å². The molecule has 138 valence electrons. The average Bonchev–Trinajstić information content (AvgIpc) is 3.38. The number of hydrogen-bond donors (Lipinski definition) is 1. The monoisotopic (exact) mass is 356 g/mol. The molecule has 0 radical (unpaired) electrons. The normalized spacial score (nSPS) is 21.1. The van der Waals surface area contributed by atoms with Crippen LogP contribution in [0.4, 0.5) is 0 Å². The zero-order chi connectivity index (χ0) is 17.9. The molecule has 1 amide bonds. The number of aromatic nitrogens is 2. The Hall–Kier alpha value is -2.38. The largest absolute Gasteiger partial charge is 0.497 e. The Morgan fingerprint density at radius 3 is 2.73 bits per heavy atom. The van der Waals surface area contributed by atoms with E-state index < -0.39 is 0 Å². The lowest BCUT2D eigenvalue weighted by Crippen LogP contribution is -2.45. The van der Waals surface area contributed by atoms with E-state index in [1.165, 1.54) is 0 Å². The topological polar surface area (TPSA) is 70.7 Å². The molecule has 3 heterocycles. The van der Waals surface area contributed by atoms with Crippen LogP contribution in [0, 0.1) is 0 Å². The molecule has 2 saturated heterocycles. The number of benzene rings is 1. The third kappa shape index (κ3) is 3.32. The molecule has 2 aromatic rings. The maximum Gasteiger partial charge on any atom is 0.257 e. The molecule has 26 heavy (non-hydrogen) atoms. The number of hydrogen-bond acceptors (Lipinski definition) is 5. The Kier molecular flexibility index (Phi) is 4.90. The molecular formula is C19H24N4O3. The molecule has 2 fully saturated rings. The molecule has 7 heteroatoms. The minimum atomic E-state index is 0.0420. The lowest BCUT2D eigenvalue weighted by molar-refractivity contribution is 0.0185. The molecule has 1 atom stereocenters. The number of morpholine rings is 1. The van der Waals surface area contributed by atoms with Gasteiger partial charge in [-0.1, -0.05) is 0 Å². The summed E-state index contributed by atoms with van der Waals surface area (Å²) in [6, 6.07) is 8.07. The molecule has 0 bridgehead atoms. The van der Waals surface area contributed by atoms with Gasteiger partial charge in [0.05, 0.1) is 37.8 Å². The minimum Gasteiger partial charge on any atom is -0.497 e.